The maximum absolute atomic E-state index is 6.31. The molecule has 6 heteroatoms. The molecule has 3 rings (SSSR count). The number of rotatable bonds is 6. The van der Waals surface area contributed by atoms with Crippen molar-refractivity contribution < 1.29 is 9.47 Å². The van der Waals surface area contributed by atoms with Crippen molar-refractivity contribution in [2.24, 2.45) is 10.9 Å². The molecule has 126 valence electrons. The van der Waals surface area contributed by atoms with E-state index in [1.807, 2.05) is 0 Å². The van der Waals surface area contributed by atoms with E-state index in [9.17, 15) is 0 Å². The maximum atomic E-state index is 6.31. The predicted octanol–water partition coefficient (Wildman–Crippen LogP) is 3.93. The number of nitrogens with one attached hydrogen (secondary N) is 1. The quantitative estimate of drug-likeness (QED) is 0.785. The van der Waals surface area contributed by atoms with Crippen molar-refractivity contribution in [3.8, 4) is 5.75 Å². The highest BCUT2D eigenvalue weighted by atomic mass is 35.5. The molecule has 0 saturated carbocycles. The van der Waals surface area contributed by atoms with Crippen molar-refractivity contribution in [2.45, 2.75) is 25.7 Å². The smallest absolute Gasteiger partial charge is 0.216 e. The molecule has 0 unspecified atom stereocenters. The Morgan fingerprint density at radius 2 is 1.96 bits per heavy atom. The number of hydrogen-bond donors (Lipinski definition) is 1. The molecule has 0 aliphatic carbocycles. The number of benzene rings is 1. The lowest BCUT2D eigenvalue weighted by atomic mass is 9.93. The van der Waals surface area contributed by atoms with Crippen LogP contribution in [0.2, 0.25) is 10.0 Å². The predicted molar refractivity (Wildman–Crippen MR) is 94.1 cm³/mol. The number of hydrogen-bond acceptors (Lipinski definition) is 4. The van der Waals surface area contributed by atoms with Crippen LogP contribution in [-0.4, -0.2) is 38.7 Å². The third kappa shape index (κ3) is 4.52. The highest BCUT2D eigenvalue weighted by Crippen LogP contribution is 2.35. The molecule has 1 saturated heterocycles. The van der Waals surface area contributed by atoms with Crippen LogP contribution in [0.3, 0.4) is 0 Å². The monoisotopic (exact) mass is 356 g/mol. The van der Waals surface area contributed by atoms with Crippen molar-refractivity contribution in [2.75, 3.05) is 32.8 Å². The van der Waals surface area contributed by atoms with Crippen molar-refractivity contribution >= 4 is 29.1 Å². The topological polar surface area (TPSA) is 42.9 Å². The zero-order valence-corrected chi connectivity index (χ0v) is 14.6. The Hall–Kier alpha value is -0.970. The molecule has 0 spiro atoms. The normalized spacial score (nSPS) is 18.6. The SMILES string of the molecule is Clc1cc(C2=NCCO2)cc(Cl)c1OCCCC1CCNCC1. The fraction of sp³-hybridized carbons (Fsp3) is 0.588. The summed E-state index contributed by atoms with van der Waals surface area (Å²) >= 11 is 12.6. The molecular weight excluding hydrogens is 335 g/mol. The van der Waals surface area contributed by atoms with E-state index in [0.29, 0.717) is 41.5 Å². The average molecular weight is 357 g/mol. The highest BCUT2D eigenvalue weighted by Gasteiger charge is 2.17. The van der Waals surface area contributed by atoms with Crippen molar-refractivity contribution in [3.05, 3.63) is 27.7 Å². The first-order valence-corrected chi connectivity index (χ1v) is 9.00. The summed E-state index contributed by atoms with van der Waals surface area (Å²) in [6.07, 6.45) is 4.74. The minimum Gasteiger partial charge on any atom is -0.490 e. The second-order valence-corrected chi connectivity index (χ2v) is 6.80. The van der Waals surface area contributed by atoms with Gasteiger partial charge in [-0.1, -0.05) is 23.2 Å². The van der Waals surface area contributed by atoms with Gasteiger partial charge in [0.1, 0.15) is 6.61 Å². The Morgan fingerprint density at radius 3 is 2.61 bits per heavy atom. The first-order chi connectivity index (χ1) is 11.2. The number of ether oxygens (including phenoxy) is 2. The van der Waals surface area contributed by atoms with Crippen LogP contribution in [0.1, 0.15) is 31.2 Å². The molecule has 0 amide bonds. The lowest BCUT2D eigenvalue weighted by molar-refractivity contribution is 0.274. The van der Waals surface area contributed by atoms with E-state index in [4.69, 9.17) is 32.7 Å². The zero-order valence-electron chi connectivity index (χ0n) is 13.1. The molecule has 2 aliphatic rings. The Labute approximate surface area is 147 Å². The van der Waals surface area contributed by atoms with Crippen LogP contribution in [-0.2, 0) is 4.74 Å². The van der Waals surface area contributed by atoms with Crippen LogP contribution in [0.15, 0.2) is 17.1 Å². The molecule has 1 N–H and O–H groups in total. The maximum Gasteiger partial charge on any atom is 0.216 e. The molecule has 23 heavy (non-hydrogen) atoms. The molecule has 2 heterocycles. The summed E-state index contributed by atoms with van der Waals surface area (Å²) in [5, 5.41) is 4.40. The average Bonchev–Trinajstić information content (AvgIpc) is 3.09. The number of piperidine rings is 1. The van der Waals surface area contributed by atoms with Gasteiger partial charge in [-0.3, -0.25) is 0 Å². The third-order valence-corrected chi connectivity index (χ3v) is 4.85. The van der Waals surface area contributed by atoms with Crippen LogP contribution < -0.4 is 10.1 Å². The van der Waals surface area contributed by atoms with E-state index in [1.54, 1.807) is 12.1 Å². The minimum atomic E-state index is 0.507. The second kappa shape index (κ2) is 8.22. The number of aliphatic imine (C=N–C) groups is 1. The molecule has 0 aromatic heterocycles. The standard InChI is InChI=1S/C17H22Cl2N2O2/c18-14-10-13(17-21-7-9-23-17)11-15(19)16(14)22-8-1-2-12-3-5-20-6-4-12/h10-12,20H,1-9H2. The Kier molecular flexibility index (Phi) is 6.03. The van der Waals surface area contributed by atoms with E-state index in [0.717, 1.165) is 31.0 Å². The van der Waals surface area contributed by atoms with E-state index < -0.39 is 0 Å². The summed E-state index contributed by atoms with van der Waals surface area (Å²) in [5.41, 5.74) is 0.805. The molecule has 1 fully saturated rings. The molecule has 0 bridgehead atoms. The summed E-state index contributed by atoms with van der Waals surface area (Å²) in [7, 11) is 0. The lowest BCUT2D eigenvalue weighted by Gasteiger charge is -2.22. The van der Waals surface area contributed by atoms with E-state index in [1.165, 1.54) is 19.3 Å². The van der Waals surface area contributed by atoms with Gasteiger partial charge in [-0.25, -0.2) is 4.99 Å². The van der Waals surface area contributed by atoms with Crippen LogP contribution >= 0.6 is 23.2 Å². The minimum absolute atomic E-state index is 0.507. The van der Waals surface area contributed by atoms with Gasteiger partial charge in [0.05, 0.1) is 23.2 Å². The summed E-state index contributed by atoms with van der Waals surface area (Å²) in [4.78, 5) is 4.28. The van der Waals surface area contributed by atoms with E-state index in [2.05, 4.69) is 10.3 Å². The second-order valence-electron chi connectivity index (χ2n) is 5.99. The Morgan fingerprint density at radius 1 is 1.22 bits per heavy atom. The highest BCUT2D eigenvalue weighted by molar-refractivity contribution is 6.37. The Bertz CT molecular complexity index is 549. The number of nitrogens with zero attached hydrogens (tertiary/aromatic N) is 1. The van der Waals surface area contributed by atoms with Gasteiger partial charge in [0.2, 0.25) is 5.90 Å². The van der Waals surface area contributed by atoms with Crippen molar-refractivity contribution in [3.63, 3.8) is 0 Å². The first kappa shape index (κ1) is 16.9. The first-order valence-electron chi connectivity index (χ1n) is 8.24. The van der Waals surface area contributed by atoms with Gasteiger partial charge in [-0.05, 0) is 56.8 Å². The Balaban J connectivity index is 1.53. The third-order valence-electron chi connectivity index (χ3n) is 4.29. The van der Waals surface area contributed by atoms with Crippen molar-refractivity contribution in [1.29, 1.82) is 0 Å². The van der Waals surface area contributed by atoms with Gasteiger partial charge in [-0.2, -0.15) is 0 Å². The molecule has 0 radical (unpaired) electrons. The van der Waals surface area contributed by atoms with Crippen LogP contribution in [0.5, 0.6) is 5.75 Å². The molecule has 1 aromatic rings. The molecular formula is C17H22Cl2N2O2. The fourth-order valence-electron chi connectivity index (χ4n) is 3.05. The van der Waals surface area contributed by atoms with Crippen LogP contribution in [0.4, 0.5) is 0 Å². The van der Waals surface area contributed by atoms with Crippen molar-refractivity contribution in [1.82, 2.24) is 5.32 Å². The fourth-order valence-corrected chi connectivity index (χ4v) is 3.64. The van der Waals surface area contributed by atoms with E-state index in [-0.39, 0.29) is 0 Å². The van der Waals surface area contributed by atoms with Gasteiger partial charge < -0.3 is 14.8 Å². The summed E-state index contributed by atoms with van der Waals surface area (Å²) in [6.45, 7) is 4.20. The molecule has 2 aliphatic heterocycles. The lowest BCUT2D eigenvalue weighted by Crippen LogP contribution is -2.27. The summed E-state index contributed by atoms with van der Waals surface area (Å²) < 4.78 is 11.3. The van der Waals surface area contributed by atoms with Crippen LogP contribution in [0.25, 0.3) is 0 Å². The van der Waals surface area contributed by atoms with Gasteiger partial charge >= 0.3 is 0 Å². The zero-order chi connectivity index (χ0) is 16.1. The molecule has 0 atom stereocenters. The van der Waals surface area contributed by atoms with Gasteiger partial charge in [0.25, 0.3) is 0 Å². The summed E-state index contributed by atoms with van der Waals surface area (Å²) in [5.74, 6) is 1.97. The van der Waals surface area contributed by atoms with Gasteiger partial charge in [0, 0.05) is 5.56 Å². The molecule has 1 aromatic carbocycles. The van der Waals surface area contributed by atoms with Gasteiger partial charge in [0.15, 0.2) is 5.75 Å². The van der Waals surface area contributed by atoms with Gasteiger partial charge in [-0.15, -0.1) is 0 Å². The largest absolute Gasteiger partial charge is 0.490 e. The molecule has 4 nitrogen and oxygen atoms in total. The van der Waals surface area contributed by atoms with E-state index >= 15 is 0 Å². The van der Waals surface area contributed by atoms with Crippen LogP contribution in [0, 0.1) is 5.92 Å². The number of halogens is 2. The summed E-state index contributed by atoms with van der Waals surface area (Å²) in [6, 6.07) is 3.61.